The summed E-state index contributed by atoms with van der Waals surface area (Å²) in [5, 5.41) is 14.4. The molecule has 2 aliphatic rings. The van der Waals surface area contributed by atoms with Crippen LogP contribution in [-0.2, 0) is 5.21 Å². The van der Waals surface area contributed by atoms with Gasteiger partial charge in [-0.2, -0.15) is 0 Å². The summed E-state index contributed by atoms with van der Waals surface area (Å²) in [7, 11) is 0. The van der Waals surface area contributed by atoms with Gasteiger partial charge in [-0.3, -0.25) is 0 Å². The Labute approximate surface area is 117 Å². The molecule has 2 rings (SSSR count). The van der Waals surface area contributed by atoms with Crippen LogP contribution in [0.15, 0.2) is 4.99 Å². The van der Waals surface area contributed by atoms with Crippen molar-refractivity contribution in [1.82, 2.24) is 9.96 Å². The molecule has 0 spiro atoms. The van der Waals surface area contributed by atoms with E-state index in [1.807, 2.05) is 0 Å². The van der Waals surface area contributed by atoms with Crippen LogP contribution in [0.3, 0.4) is 0 Å². The van der Waals surface area contributed by atoms with E-state index < -0.39 is 11.2 Å². The van der Waals surface area contributed by atoms with Gasteiger partial charge in [0.05, 0.1) is 0 Å². The molecule has 109 valence electrons. The van der Waals surface area contributed by atoms with E-state index in [1.54, 1.807) is 0 Å². The minimum Gasteiger partial charge on any atom is -0.359 e. The molecule has 0 aromatic rings. The van der Waals surface area contributed by atoms with Gasteiger partial charge in [-0.05, 0) is 38.5 Å². The highest BCUT2D eigenvalue weighted by molar-refractivity contribution is 5.93. The minimum absolute atomic E-state index is 0.393. The lowest BCUT2D eigenvalue weighted by Crippen LogP contribution is -2.57. The fraction of sp³-hybridized carbons (Fsp3) is 0.933. The molecule has 19 heavy (non-hydrogen) atoms. The lowest BCUT2D eigenvalue weighted by molar-refractivity contribution is -0.261. The van der Waals surface area contributed by atoms with Gasteiger partial charge in [0.25, 0.3) is 0 Å². The zero-order valence-corrected chi connectivity index (χ0v) is 12.9. The predicted octanol–water partition coefficient (Wildman–Crippen LogP) is 3.22. The molecular weight excluding hydrogens is 238 g/mol. The van der Waals surface area contributed by atoms with Crippen molar-refractivity contribution in [3.05, 3.63) is 0 Å². The first-order chi connectivity index (χ1) is 9.10. The molecule has 0 unspecified atom stereocenters. The second-order valence-electron chi connectivity index (χ2n) is 5.85. The quantitative estimate of drug-likeness (QED) is 0.783. The summed E-state index contributed by atoms with van der Waals surface area (Å²) in [5.74, 6) is 1.08. The Balaban J connectivity index is 2.44. The van der Waals surface area contributed by atoms with Crippen LogP contribution in [-0.4, -0.2) is 40.1 Å². The van der Waals surface area contributed by atoms with Crippen molar-refractivity contribution >= 4 is 5.84 Å². The zero-order chi connectivity index (χ0) is 14.1. The fourth-order valence-corrected chi connectivity index (χ4v) is 3.68. The number of rotatable bonds is 4. The monoisotopic (exact) mass is 266 g/mol. The molecule has 1 radical (unpaired) electrons. The molecule has 1 saturated heterocycles. The van der Waals surface area contributed by atoms with E-state index in [0.29, 0.717) is 0 Å². The molecular formula is C15H28N3O. The number of nitrogens with zero attached hydrogens (tertiary/aromatic N) is 3. The van der Waals surface area contributed by atoms with Gasteiger partial charge in [0, 0.05) is 13.1 Å². The van der Waals surface area contributed by atoms with E-state index in [1.165, 1.54) is 17.9 Å². The average Bonchev–Trinajstić information content (AvgIpc) is 3.04. The van der Waals surface area contributed by atoms with E-state index in [0.717, 1.165) is 44.6 Å². The van der Waals surface area contributed by atoms with Crippen molar-refractivity contribution in [2.45, 2.75) is 77.4 Å². The van der Waals surface area contributed by atoms with Gasteiger partial charge in [0.2, 0.25) is 0 Å². The van der Waals surface area contributed by atoms with Gasteiger partial charge in [0.1, 0.15) is 17.0 Å². The van der Waals surface area contributed by atoms with Gasteiger partial charge in [-0.15, -0.1) is 10.3 Å². The van der Waals surface area contributed by atoms with Crippen molar-refractivity contribution in [3.8, 4) is 0 Å². The Kier molecular flexibility index (Phi) is 4.21. The van der Waals surface area contributed by atoms with Crippen molar-refractivity contribution in [3.63, 3.8) is 0 Å². The third kappa shape index (κ3) is 2.00. The molecule has 0 N–H and O–H groups in total. The molecule has 0 saturated carbocycles. The fourth-order valence-electron chi connectivity index (χ4n) is 3.68. The smallest absolute Gasteiger partial charge is 0.141 e. The molecule has 0 atom stereocenters. The van der Waals surface area contributed by atoms with Crippen LogP contribution in [0.1, 0.15) is 66.2 Å². The lowest BCUT2D eigenvalue weighted by atomic mass is 9.89. The molecule has 2 aliphatic heterocycles. The Morgan fingerprint density at radius 1 is 1.00 bits per heavy atom. The third-order valence-corrected chi connectivity index (χ3v) is 5.20. The SMILES string of the molecule is CCC1(CC)N=C(N2CCCC2)C(CC)(CC)N1[O]. The second kappa shape index (κ2) is 5.41. The third-order valence-electron chi connectivity index (χ3n) is 5.20. The van der Waals surface area contributed by atoms with Crippen LogP contribution in [0.2, 0.25) is 0 Å². The van der Waals surface area contributed by atoms with E-state index in [2.05, 4.69) is 32.6 Å². The highest BCUT2D eigenvalue weighted by Gasteiger charge is 2.56. The van der Waals surface area contributed by atoms with Crippen molar-refractivity contribution in [2.24, 2.45) is 4.99 Å². The van der Waals surface area contributed by atoms with Crippen molar-refractivity contribution < 1.29 is 5.21 Å². The Bertz CT molecular complexity index is 339. The van der Waals surface area contributed by atoms with Crippen molar-refractivity contribution in [1.29, 1.82) is 0 Å². The Hall–Kier alpha value is -0.610. The van der Waals surface area contributed by atoms with Crippen LogP contribution in [0, 0.1) is 0 Å². The predicted molar refractivity (Wildman–Crippen MR) is 77.4 cm³/mol. The van der Waals surface area contributed by atoms with Crippen LogP contribution >= 0.6 is 0 Å². The van der Waals surface area contributed by atoms with Crippen LogP contribution < -0.4 is 0 Å². The minimum atomic E-state index is -0.524. The van der Waals surface area contributed by atoms with E-state index in [4.69, 9.17) is 4.99 Å². The summed E-state index contributed by atoms with van der Waals surface area (Å²) < 4.78 is 0. The Morgan fingerprint density at radius 3 is 1.95 bits per heavy atom. The van der Waals surface area contributed by atoms with E-state index in [-0.39, 0.29) is 0 Å². The number of hydrogen-bond acceptors (Lipinski definition) is 3. The molecule has 0 aromatic carbocycles. The molecule has 1 fully saturated rings. The summed E-state index contributed by atoms with van der Waals surface area (Å²) in [6, 6.07) is 0. The number of likely N-dealkylation sites (tertiary alicyclic amines) is 1. The molecule has 0 aromatic heterocycles. The van der Waals surface area contributed by atoms with Gasteiger partial charge in [-0.25, -0.2) is 4.99 Å². The second-order valence-corrected chi connectivity index (χ2v) is 5.85. The van der Waals surface area contributed by atoms with Crippen LogP contribution in [0.4, 0.5) is 0 Å². The average molecular weight is 266 g/mol. The molecule has 4 nitrogen and oxygen atoms in total. The summed E-state index contributed by atoms with van der Waals surface area (Å²) in [5.41, 5.74) is -0.916. The molecule has 2 heterocycles. The molecule has 4 heteroatoms. The molecule has 0 bridgehead atoms. The summed E-state index contributed by atoms with van der Waals surface area (Å²) >= 11 is 0. The first-order valence-corrected chi connectivity index (χ1v) is 7.93. The van der Waals surface area contributed by atoms with Gasteiger partial charge in [-0.1, -0.05) is 27.7 Å². The highest BCUT2D eigenvalue weighted by atomic mass is 16.5. The van der Waals surface area contributed by atoms with Gasteiger partial charge in [0.15, 0.2) is 0 Å². The topological polar surface area (TPSA) is 38.7 Å². The maximum atomic E-state index is 13.0. The summed E-state index contributed by atoms with van der Waals surface area (Å²) in [4.78, 5) is 7.34. The van der Waals surface area contributed by atoms with Crippen LogP contribution in [0.25, 0.3) is 0 Å². The summed E-state index contributed by atoms with van der Waals surface area (Å²) in [6.07, 6.45) is 5.76. The molecule has 0 aliphatic carbocycles. The number of aliphatic imine (C=N–C) groups is 1. The first-order valence-electron chi connectivity index (χ1n) is 7.93. The Morgan fingerprint density at radius 2 is 1.53 bits per heavy atom. The highest BCUT2D eigenvalue weighted by Crippen LogP contribution is 2.43. The number of amidine groups is 1. The number of hydroxylamine groups is 2. The molecule has 0 amide bonds. The van der Waals surface area contributed by atoms with E-state index >= 15 is 0 Å². The zero-order valence-electron chi connectivity index (χ0n) is 12.9. The van der Waals surface area contributed by atoms with Crippen LogP contribution in [0.5, 0.6) is 0 Å². The number of hydrogen-bond donors (Lipinski definition) is 0. The maximum Gasteiger partial charge on any atom is 0.141 e. The largest absolute Gasteiger partial charge is 0.359 e. The van der Waals surface area contributed by atoms with E-state index in [9.17, 15) is 5.21 Å². The first kappa shape index (κ1) is 14.8. The van der Waals surface area contributed by atoms with Gasteiger partial charge < -0.3 is 4.90 Å². The maximum absolute atomic E-state index is 13.0. The normalized spacial score (nSPS) is 25.9. The van der Waals surface area contributed by atoms with Crippen molar-refractivity contribution in [2.75, 3.05) is 13.1 Å². The summed E-state index contributed by atoms with van der Waals surface area (Å²) in [6.45, 7) is 10.6. The standard InChI is InChI=1S/C15H28N3O/c1-5-14(6-2)13(17-11-9-10-12-17)16-15(7-3,8-4)18(14)19/h5-12H2,1-4H3. The van der Waals surface area contributed by atoms with Gasteiger partial charge >= 0.3 is 0 Å². The lowest BCUT2D eigenvalue weighted by Gasteiger charge is -2.40.